The van der Waals surface area contributed by atoms with Gasteiger partial charge in [0.2, 0.25) is 5.82 Å². The van der Waals surface area contributed by atoms with E-state index in [9.17, 15) is 18.0 Å². The summed E-state index contributed by atoms with van der Waals surface area (Å²) in [5.74, 6) is -1.33. The Morgan fingerprint density at radius 3 is 2.65 bits per heavy atom. The van der Waals surface area contributed by atoms with Crippen LogP contribution >= 0.6 is 0 Å². The first-order valence-corrected chi connectivity index (χ1v) is 9.44. The molecule has 5 rings (SSSR count). The molecule has 8 nitrogen and oxygen atoms in total. The van der Waals surface area contributed by atoms with E-state index in [-0.39, 0.29) is 37.1 Å². The normalized spacial score (nSPS) is 14.1. The van der Waals surface area contributed by atoms with E-state index in [1.165, 1.54) is 4.90 Å². The summed E-state index contributed by atoms with van der Waals surface area (Å²) >= 11 is 0. The van der Waals surface area contributed by atoms with Crippen LogP contribution in [0.5, 0.6) is 0 Å². The third-order valence-electron chi connectivity index (χ3n) is 5.21. The van der Waals surface area contributed by atoms with Crippen LogP contribution < -0.4 is 0 Å². The van der Waals surface area contributed by atoms with Crippen LogP contribution in [0.4, 0.5) is 13.2 Å². The number of amides is 1. The fourth-order valence-electron chi connectivity index (χ4n) is 3.73. The van der Waals surface area contributed by atoms with Crippen molar-refractivity contribution in [1.29, 1.82) is 0 Å². The van der Waals surface area contributed by atoms with Gasteiger partial charge in [-0.2, -0.15) is 13.2 Å². The first-order chi connectivity index (χ1) is 14.8. The number of alkyl halides is 3. The van der Waals surface area contributed by atoms with E-state index < -0.39 is 12.0 Å². The fourth-order valence-corrected chi connectivity index (χ4v) is 3.73. The Morgan fingerprint density at radius 1 is 1.13 bits per heavy atom. The second kappa shape index (κ2) is 6.89. The average Bonchev–Trinajstić information content (AvgIpc) is 3.36. The summed E-state index contributed by atoms with van der Waals surface area (Å²) in [6.45, 7) is 1.65. The van der Waals surface area contributed by atoms with Crippen molar-refractivity contribution >= 4 is 17.0 Å². The van der Waals surface area contributed by atoms with Gasteiger partial charge < -0.3 is 14.0 Å². The largest absolute Gasteiger partial charge is 0.451 e. The highest BCUT2D eigenvalue weighted by Gasteiger charge is 2.40. The summed E-state index contributed by atoms with van der Waals surface area (Å²) in [6, 6.07) is 10.9. The van der Waals surface area contributed by atoms with Crippen LogP contribution in [0.15, 0.2) is 40.9 Å². The molecule has 0 spiro atoms. The van der Waals surface area contributed by atoms with Gasteiger partial charge in [0, 0.05) is 18.7 Å². The highest BCUT2D eigenvalue weighted by molar-refractivity contribution is 6.07. The van der Waals surface area contributed by atoms with Crippen LogP contribution in [0.25, 0.3) is 22.4 Å². The zero-order chi connectivity index (χ0) is 21.8. The lowest BCUT2D eigenvalue weighted by Crippen LogP contribution is -2.39. The van der Waals surface area contributed by atoms with Gasteiger partial charge in [-0.05, 0) is 13.0 Å². The van der Waals surface area contributed by atoms with Crippen LogP contribution in [0.2, 0.25) is 0 Å². The maximum absolute atomic E-state index is 13.4. The summed E-state index contributed by atoms with van der Waals surface area (Å²) < 4.78 is 45.6. The maximum Gasteiger partial charge on any atom is 0.451 e. The molecular weight excluding hydrogens is 413 g/mol. The van der Waals surface area contributed by atoms with Gasteiger partial charge in [-0.1, -0.05) is 35.5 Å². The van der Waals surface area contributed by atoms with Crippen molar-refractivity contribution in [3.8, 4) is 11.3 Å². The van der Waals surface area contributed by atoms with Crippen LogP contribution in [0, 0.1) is 6.92 Å². The number of rotatable bonds is 2. The minimum atomic E-state index is -4.60. The topological polar surface area (TPSA) is 89.9 Å². The lowest BCUT2D eigenvalue weighted by Gasteiger charge is -2.28. The Labute approximate surface area is 173 Å². The molecule has 0 atom stereocenters. The van der Waals surface area contributed by atoms with Crippen molar-refractivity contribution in [3.63, 3.8) is 0 Å². The molecule has 1 aromatic carbocycles. The highest BCUT2D eigenvalue weighted by atomic mass is 19.4. The highest BCUT2D eigenvalue weighted by Crippen LogP contribution is 2.31. The van der Waals surface area contributed by atoms with Gasteiger partial charge in [0.25, 0.3) is 11.6 Å². The standard InChI is InChI=1S/C20H15F3N6O2/c1-11-16-13(9-14(24-17(16)31-27-11)12-5-3-2-4-6-12)18(30)28-7-8-29-15(10-28)25-26-19(29)20(21,22)23/h2-6,9H,7-8,10H2,1H3. The quantitative estimate of drug-likeness (QED) is 0.486. The lowest BCUT2D eigenvalue weighted by atomic mass is 10.0. The van der Waals surface area contributed by atoms with E-state index in [1.54, 1.807) is 13.0 Å². The monoisotopic (exact) mass is 428 g/mol. The third-order valence-corrected chi connectivity index (χ3v) is 5.21. The van der Waals surface area contributed by atoms with Crippen molar-refractivity contribution in [2.75, 3.05) is 6.54 Å². The van der Waals surface area contributed by atoms with Crippen molar-refractivity contribution in [3.05, 3.63) is 59.3 Å². The molecule has 0 aliphatic carbocycles. The van der Waals surface area contributed by atoms with Crippen molar-refractivity contribution < 1.29 is 22.5 Å². The lowest BCUT2D eigenvalue weighted by molar-refractivity contribution is -0.147. The number of aromatic nitrogens is 5. The maximum atomic E-state index is 13.4. The summed E-state index contributed by atoms with van der Waals surface area (Å²) in [4.78, 5) is 19.3. The van der Waals surface area contributed by atoms with Crippen molar-refractivity contribution in [2.24, 2.45) is 0 Å². The van der Waals surface area contributed by atoms with Gasteiger partial charge in [0.1, 0.15) is 0 Å². The van der Waals surface area contributed by atoms with E-state index in [0.29, 0.717) is 22.3 Å². The molecule has 1 aliphatic rings. The zero-order valence-corrected chi connectivity index (χ0v) is 16.2. The van der Waals surface area contributed by atoms with E-state index in [0.717, 1.165) is 10.1 Å². The molecule has 3 aromatic heterocycles. The molecule has 1 aliphatic heterocycles. The Bertz CT molecular complexity index is 1300. The molecule has 1 amide bonds. The predicted molar refractivity (Wildman–Crippen MR) is 102 cm³/mol. The summed E-state index contributed by atoms with van der Waals surface area (Å²) in [6.07, 6.45) is -4.60. The Balaban J connectivity index is 1.54. The minimum absolute atomic E-state index is 0.0503. The molecule has 0 saturated heterocycles. The molecule has 0 radical (unpaired) electrons. The molecule has 31 heavy (non-hydrogen) atoms. The number of pyridine rings is 1. The Hall–Kier alpha value is -3.76. The number of nitrogens with zero attached hydrogens (tertiary/aromatic N) is 6. The number of halogens is 3. The summed E-state index contributed by atoms with van der Waals surface area (Å²) in [5.41, 5.74) is 2.38. The van der Waals surface area contributed by atoms with E-state index in [1.807, 2.05) is 30.3 Å². The second-order valence-electron chi connectivity index (χ2n) is 7.19. The first-order valence-electron chi connectivity index (χ1n) is 9.44. The molecule has 0 fully saturated rings. The van der Waals surface area contributed by atoms with Crippen molar-refractivity contribution in [1.82, 2.24) is 29.8 Å². The van der Waals surface area contributed by atoms with Gasteiger partial charge >= 0.3 is 6.18 Å². The minimum Gasteiger partial charge on any atom is -0.335 e. The van der Waals surface area contributed by atoms with Crippen LogP contribution in [0.3, 0.4) is 0 Å². The second-order valence-corrected chi connectivity index (χ2v) is 7.19. The summed E-state index contributed by atoms with van der Waals surface area (Å²) in [7, 11) is 0. The van der Waals surface area contributed by atoms with E-state index in [2.05, 4.69) is 20.3 Å². The fraction of sp³-hybridized carbons (Fsp3) is 0.250. The molecule has 4 aromatic rings. The SMILES string of the molecule is Cc1noc2nc(-c3ccccc3)cc(C(=O)N3CCn4c(nnc4C(F)(F)F)C3)c12. The molecular formula is C20H15F3N6O2. The van der Waals surface area contributed by atoms with E-state index >= 15 is 0 Å². The number of benzene rings is 1. The molecule has 0 bridgehead atoms. The zero-order valence-electron chi connectivity index (χ0n) is 16.2. The van der Waals surface area contributed by atoms with Gasteiger partial charge in [0.05, 0.1) is 28.9 Å². The number of hydrogen-bond donors (Lipinski definition) is 0. The predicted octanol–water partition coefficient (Wildman–Crippen LogP) is 3.46. The molecule has 0 N–H and O–H groups in total. The van der Waals surface area contributed by atoms with Crippen LogP contribution in [-0.2, 0) is 19.3 Å². The summed E-state index contributed by atoms with van der Waals surface area (Å²) in [5, 5.41) is 11.3. The molecule has 158 valence electrons. The van der Waals surface area contributed by atoms with Gasteiger partial charge in [-0.15, -0.1) is 10.2 Å². The molecule has 11 heteroatoms. The number of carbonyl (C=O) groups excluding carboxylic acids is 1. The van der Waals surface area contributed by atoms with E-state index in [4.69, 9.17) is 4.52 Å². The Kier molecular flexibility index (Phi) is 4.27. The van der Waals surface area contributed by atoms with Gasteiger partial charge in [-0.25, -0.2) is 4.98 Å². The number of hydrogen-bond acceptors (Lipinski definition) is 6. The number of fused-ring (bicyclic) bond motifs is 2. The molecule has 0 unspecified atom stereocenters. The smallest absolute Gasteiger partial charge is 0.335 e. The Morgan fingerprint density at radius 2 is 1.90 bits per heavy atom. The van der Waals surface area contributed by atoms with Gasteiger partial charge in [-0.3, -0.25) is 4.79 Å². The van der Waals surface area contributed by atoms with Crippen LogP contribution in [0.1, 0.15) is 27.7 Å². The number of carbonyl (C=O) groups is 1. The molecule has 0 saturated carbocycles. The third kappa shape index (κ3) is 3.22. The van der Waals surface area contributed by atoms with Crippen LogP contribution in [-0.4, -0.2) is 42.3 Å². The molecule has 4 heterocycles. The first kappa shape index (κ1) is 19.2. The number of aryl methyl sites for hydroxylation is 1. The van der Waals surface area contributed by atoms with Gasteiger partial charge in [0.15, 0.2) is 5.82 Å². The average molecular weight is 428 g/mol. The van der Waals surface area contributed by atoms with Crippen molar-refractivity contribution in [2.45, 2.75) is 26.2 Å².